The van der Waals surface area contributed by atoms with Crippen molar-refractivity contribution in [3.8, 4) is 11.5 Å². The van der Waals surface area contributed by atoms with Gasteiger partial charge < -0.3 is 24.8 Å². The summed E-state index contributed by atoms with van der Waals surface area (Å²) in [7, 11) is 0. The average molecular weight is 519 g/mol. The first kappa shape index (κ1) is 33.9. The van der Waals surface area contributed by atoms with Crippen LogP contribution in [0.2, 0.25) is 0 Å². The molecule has 0 fully saturated rings. The number of hydrogen-bond donors (Lipinski definition) is 3. The van der Waals surface area contributed by atoms with E-state index in [1.54, 1.807) is 0 Å². The quantitative estimate of drug-likeness (QED) is 0.368. The van der Waals surface area contributed by atoms with Crippen molar-refractivity contribution in [1.82, 2.24) is 0 Å². The van der Waals surface area contributed by atoms with Crippen molar-refractivity contribution in [2.24, 2.45) is 5.41 Å². The summed E-state index contributed by atoms with van der Waals surface area (Å²) in [5.41, 5.74) is 5.37. The second-order valence-electron chi connectivity index (χ2n) is 10.3. The van der Waals surface area contributed by atoms with Crippen molar-refractivity contribution in [3.05, 3.63) is 57.6 Å². The molecule has 0 spiro atoms. The van der Waals surface area contributed by atoms with E-state index in [0.717, 1.165) is 33.4 Å². The maximum Gasteiger partial charge on any atom is 0.306 e. The Balaban J connectivity index is 0.000000686. The Hall–Kier alpha value is -3.06. The molecule has 37 heavy (non-hydrogen) atoms. The lowest BCUT2D eigenvalue weighted by molar-refractivity contribution is -0.146. The number of benzene rings is 2. The number of ether oxygens (including phenoxy) is 2. The number of aromatic hydroxyl groups is 2. The van der Waals surface area contributed by atoms with Crippen LogP contribution < -0.4 is 0 Å². The average Bonchev–Trinajstić information content (AvgIpc) is 2.80. The number of aliphatic hydroxyl groups is 1. The highest BCUT2D eigenvalue weighted by Gasteiger charge is 2.14. The van der Waals surface area contributed by atoms with Crippen LogP contribution in [0.25, 0.3) is 0 Å². The van der Waals surface area contributed by atoms with Gasteiger partial charge in [-0.1, -0.05) is 52.5 Å². The summed E-state index contributed by atoms with van der Waals surface area (Å²) in [6, 6.07) is 7.56. The van der Waals surface area contributed by atoms with E-state index in [2.05, 4.69) is 0 Å². The number of phenols is 2. The van der Waals surface area contributed by atoms with Crippen molar-refractivity contribution in [2.75, 3.05) is 19.8 Å². The molecule has 0 aliphatic heterocycles. The SMILES string of the molecule is C.Cc1cc(CCC(=O)OCC(C)(C)C)cc(C)c1O.Cc1cc(CCC(=O)OCCO)cc(C)c1O. The highest BCUT2D eigenvalue weighted by atomic mass is 16.5. The lowest BCUT2D eigenvalue weighted by Gasteiger charge is -2.17. The maximum atomic E-state index is 11.6. The smallest absolute Gasteiger partial charge is 0.306 e. The number of carbonyl (C=O) groups excluding carboxylic acids is 2. The molecule has 0 amide bonds. The Kier molecular flexibility index (Phi) is 14.6. The van der Waals surface area contributed by atoms with E-state index in [0.29, 0.717) is 37.4 Å². The van der Waals surface area contributed by atoms with Gasteiger partial charge in [-0.25, -0.2) is 0 Å². The zero-order valence-corrected chi connectivity index (χ0v) is 22.7. The minimum atomic E-state index is -0.317. The van der Waals surface area contributed by atoms with E-state index in [4.69, 9.17) is 14.6 Å². The molecular weight excluding hydrogens is 472 g/mol. The number of esters is 2. The summed E-state index contributed by atoms with van der Waals surface area (Å²) in [5.74, 6) is 0.149. The summed E-state index contributed by atoms with van der Waals surface area (Å²) in [5, 5.41) is 27.8. The van der Waals surface area contributed by atoms with Crippen LogP contribution in [0.1, 0.15) is 74.4 Å². The van der Waals surface area contributed by atoms with E-state index in [9.17, 15) is 19.8 Å². The summed E-state index contributed by atoms with van der Waals surface area (Å²) in [6.45, 7) is 13.8. The molecule has 0 aliphatic carbocycles. The first-order chi connectivity index (χ1) is 16.7. The molecule has 7 heteroatoms. The van der Waals surface area contributed by atoms with Gasteiger partial charge in [0.25, 0.3) is 0 Å². The Bertz CT molecular complexity index is 973. The van der Waals surface area contributed by atoms with E-state index >= 15 is 0 Å². The van der Waals surface area contributed by atoms with Gasteiger partial charge in [-0.05, 0) is 79.3 Å². The van der Waals surface area contributed by atoms with Crippen LogP contribution in [-0.4, -0.2) is 47.1 Å². The van der Waals surface area contributed by atoms with Crippen LogP contribution in [0.3, 0.4) is 0 Å². The summed E-state index contributed by atoms with van der Waals surface area (Å²) in [4.78, 5) is 22.9. The first-order valence-corrected chi connectivity index (χ1v) is 12.2. The molecule has 208 valence electrons. The standard InChI is InChI=1S/C16H24O3.C13H18O4.CH4/c1-11-8-13(9-12(2)15(11)18)6-7-14(17)19-10-16(3,4)5;1-9-7-11(8-10(2)13(9)16)3-4-12(15)17-6-5-14;/h8-9,18H,6-7,10H2,1-5H3;7-8,14,16H,3-6H2,1-2H3;1H4. The summed E-state index contributed by atoms with van der Waals surface area (Å²) in [6.07, 6.45) is 1.88. The van der Waals surface area contributed by atoms with Gasteiger partial charge >= 0.3 is 11.9 Å². The first-order valence-electron chi connectivity index (χ1n) is 12.2. The normalized spacial score (nSPS) is 10.6. The molecule has 0 unspecified atom stereocenters. The Labute approximate surface area is 222 Å². The lowest BCUT2D eigenvalue weighted by Crippen LogP contribution is -2.18. The molecule has 3 N–H and O–H groups in total. The fraction of sp³-hybridized carbons (Fsp3) is 0.533. The number of rotatable bonds is 9. The number of hydrogen-bond acceptors (Lipinski definition) is 7. The van der Waals surface area contributed by atoms with E-state index in [1.807, 2.05) is 72.7 Å². The second-order valence-corrected chi connectivity index (χ2v) is 10.3. The maximum absolute atomic E-state index is 11.6. The minimum absolute atomic E-state index is 0. The molecule has 0 aliphatic rings. The Morgan fingerprint density at radius 3 is 1.41 bits per heavy atom. The lowest BCUT2D eigenvalue weighted by atomic mass is 9.98. The Morgan fingerprint density at radius 1 is 0.730 bits per heavy atom. The monoisotopic (exact) mass is 518 g/mol. The van der Waals surface area contributed by atoms with Crippen molar-refractivity contribution in [1.29, 1.82) is 0 Å². The molecule has 2 aromatic rings. The number of aryl methyl sites for hydroxylation is 6. The number of phenolic OH excluding ortho intramolecular Hbond substituents is 2. The summed E-state index contributed by atoms with van der Waals surface area (Å²) < 4.78 is 9.98. The largest absolute Gasteiger partial charge is 0.507 e. The molecule has 0 heterocycles. The van der Waals surface area contributed by atoms with Gasteiger partial charge in [-0.15, -0.1) is 0 Å². The van der Waals surface area contributed by atoms with Gasteiger partial charge in [0.2, 0.25) is 0 Å². The van der Waals surface area contributed by atoms with Crippen LogP contribution in [0, 0.1) is 33.1 Å². The van der Waals surface area contributed by atoms with E-state index in [1.165, 1.54) is 0 Å². The third-order valence-corrected chi connectivity index (χ3v) is 5.36. The molecular formula is C30H46O7. The number of aliphatic hydroxyl groups excluding tert-OH is 1. The van der Waals surface area contributed by atoms with Crippen LogP contribution in [0.5, 0.6) is 11.5 Å². The van der Waals surface area contributed by atoms with Crippen molar-refractivity contribution >= 4 is 11.9 Å². The topological polar surface area (TPSA) is 113 Å². The molecule has 0 atom stereocenters. The zero-order chi connectivity index (χ0) is 27.5. The second kappa shape index (κ2) is 15.9. The van der Waals surface area contributed by atoms with Gasteiger partial charge in [0, 0.05) is 12.8 Å². The number of carbonyl (C=O) groups is 2. The predicted molar refractivity (Wildman–Crippen MR) is 147 cm³/mol. The highest BCUT2D eigenvalue weighted by molar-refractivity contribution is 5.70. The van der Waals surface area contributed by atoms with E-state index in [-0.39, 0.29) is 44.4 Å². The van der Waals surface area contributed by atoms with Crippen LogP contribution >= 0.6 is 0 Å². The van der Waals surface area contributed by atoms with Crippen LogP contribution in [0.15, 0.2) is 24.3 Å². The van der Waals surface area contributed by atoms with Crippen molar-refractivity contribution in [2.45, 2.75) is 81.6 Å². The van der Waals surface area contributed by atoms with Gasteiger partial charge in [0.05, 0.1) is 13.2 Å². The van der Waals surface area contributed by atoms with Crippen molar-refractivity contribution < 1.29 is 34.4 Å². The van der Waals surface area contributed by atoms with Crippen LogP contribution in [-0.2, 0) is 31.9 Å². The zero-order valence-electron chi connectivity index (χ0n) is 22.7. The van der Waals surface area contributed by atoms with E-state index < -0.39 is 0 Å². The van der Waals surface area contributed by atoms with Crippen LogP contribution in [0.4, 0.5) is 0 Å². The third kappa shape index (κ3) is 13.2. The van der Waals surface area contributed by atoms with Gasteiger partial charge in [-0.2, -0.15) is 0 Å². The molecule has 2 rings (SSSR count). The fourth-order valence-electron chi connectivity index (χ4n) is 3.47. The van der Waals surface area contributed by atoms with Crippen molar-refractivity contribution in [3.63, 3.8) is 0 Å². The molecule has 7 nitrogen and oxygen atoms in total. The minimum Gasteiger partial charge on any atom is -0.507 e. The van der Waals surface area contributed by atoms with Gasteiger partial charge in [0.15, 0.2) is 0 Å². The van der Waals surface area contributed by atoms with Gasteiger partial charge in [0.1, 0.15) is 18.1 Å². The fourth-order valence-corrected chi connectivity index (χ4v) is 3.47. The molecule has 0 saturated carbocycles. The molecule has 0 radical (unpaired) electrons. The predicted octanol–water partition coefficient (Wildman–Crippen LogP) is 5.64. The molecule has 0 saturated heterocycles. The van der Waals surface area contributed by atoms with Gasteiger partial charge in [-0.3, -0.25) is 9.59 Å². The Morgan fingerprint density at radius 2 is 1.08 bits per heavy atom. The highest BCUT2D eigenvalue weighted by Crippen LogP contribution is 2.24. The molecule has 0 aromatic heterocycles. The third-order valence-electron chi connectivity index (χ3n) is 5.36. The molecule has 0 bridgehead atoms. The molecule has 2 aromatic carbocycles. The summed E-state index contributed by atoms with van der Waals surface area (Å²) >= 11 is 0.